The van der Waals surface area contributed by atoms with Gasteiger partial charge in [0, 0.05) is 17.7 Å². The summed E-state index contributed by atoms with van der Waals surface area (Å²) in [5.74, 6) is 1.19. The monoisotopic (exact) mass is 410 g/mol. The molecule has 0 radical (unpaired) electrons. The van der Waals surface area contributed by atoms with Crippen LogP contribution in [0.3, 0.4) is 0 Å². The molecule has 0 saturated carbocycles. The molecule has 1 saturated heterocycles. The van der Waals surface area contributed by atoms with Gasteiger partial charge in [0.05, 0.1) is 29.5 Å². The van der Waals surface area contributed by atoms with Crippen molar-refractivity contribution < 1.29 is 0 Å². The maximum atomic E-state index is 6.13. The molecule has 5 rings (SSSR count). The third-order valence-electron chi connectivity index (χ3n) is 6.02. The van der Waals surface area contributed by atoms with Crippen LogP contribution in [0.4, 0.5) is 5.69 Å². The number of likely N-dealkylation sites (tertiary alicyclic amines) is 1. The molecule has 1 aliphatic heterocycles. The number of rotatable bonds is 4. The van der Waals surface area contributed by atoms with Gasteiger partial charge in [0.1, 0.15) is 5.69 Å². The molecule has 3 aromatic heterocycles. The normalized spacial score (nSPS) is 15.3. The lowest BCUT2D eigenvalue weighted by Gasteiger charge is -2.29. The molecule has 1 fully saturated rings. The van der Waals surface area contributed by atoms with Gasteiger partial charge in [-0.25, -0.2) is 4.98 Å². The number of imidazole rings is 1. The fourth-order valence-corrected chi connectivity index (χ4v) is 4.27. The number of nitrogen functional groups attached to an aromatic ring is 1. The lowest BCUT2D eigenvalue weighted by molar-refractivity contribution is 0.253. The highest BCUT2D eigenvalue weighted by Gasteiger charge is 2.23. The predicted octanol–water partition coefficient (Wildman–Crippen LogP) is 4.59. The summed E-state index contributed by atoms with van der Waals surface area (Å²) >= 11 is 0. The van der Waals surface area contributed by atoms with Crippen LogP contribution in [0.25, 0.3) is 33.9 Å². The van der Waals surface area contributed by atoms with Gasteiger partial charge in [-0.3, -0.25) is 9.97 Å². The Morgan fingerprint density at radius 1 is 0.935 bits per heavy atom. The van der Waals surface area contributed by atoms with Crippen molar-refractivity contribution in [3.05, 3.63) is 72.8 Å². The summed E-state index contributed by atoms with van der Waals surface area (Å²) in [5, 5.41) is 0. The predicted molar refractivity (Wildman–Crippen MR) is 124 cm³/mol. The molecule has 0 spiro atoms. The van der Waals surface area contributed by atoms with Crippen molar-refractivity contribution in [3.63, 3.8) is 0 Å². The van der Waals surface area contributed by atoms with Gasteiger partial charge in [0.25, 0.3) is 0 Å². The van der Waals surface area contributed by atoms with Crippen molar-refractivity contribution in [2.24, 2.45) is 0 Å². The Kier molecular flexibility index (Phi) is 5.22. The summed E-state index contributed by atoms with van der Waals surface area (Å²) < 4.78 is 0. The van der Waals surface area contributed by atoms with Crippen molar-refractivity contribution >= 4 is 5.69 Å². The molecule has 4 heterocycles. The molecule has 6 heteroatoms. The average Bonchev–Trinajstić information content (AvgIpc) is 3.31. The molecule has 0 bridgehead atoms. The van der Waals surface area contributed by atoms with Gasteiger partial charge < -0.3 is 15.6 Å². The van der Waals surface area contributed by atoms with Crippen molar-refractivity contribution in [2.45, 2.75) is 18.8 Å². The van der Waals surface area contributed by atoms with Crippen molar-refractivity contribution in [1.82, 2.24) is 24.8 Å². The number of hydrogen-bond acceptors (Lipinski definition) is 5. The van der Waals surface area contributed by atoms with Crippen LogP contribution < -0.4 is 5.73 Å². The molecule has 6 nitrogen and oxygen atoms in total. The number of piperidine rings is 1. The average molecular weight is 411 g/mol. The number of aromatic nitrogens is 4. The summed E-state index contributed by atoms with van der Waals surface area (Å²) in [4.78, 5) is 19.7. The molecule has 4 aromatic rings. The first-order chi connectivity index (χ1) is 15.2. The lowest BCUT2D eigenvalue weighted by atomic mass is 9.88. The first kappa shape index (κ1) is 19.5. The Labute approximate surface area is 182 Å². The molecule has 156 valence electrons. The molecular weight excluding hydrogens is 384 g/mol. The Bertz CT molecular complexity index is 1180. The molecular formula is C25H26N6. The summed E-state index contributed by atoms with van der Waals surface area (Å²) in [6.45, 7) is 2.18. The van der Waals surface area contributed by atoms with E-state index in [4.69, 9.17) is 10.7 Å². The van der Waals surface area contributed by atoms with E-state index in [1.807, 2.05) is 42.7 Å². The highest BCUT2D eigenvalue weighted by atomic mass is 15.1. The Morgan fingerprint density at radius 3 is 2.55 bits per heavy atom. The van der Waals surface area contributed by atoms with Crippen LogP contribution in [-0.2, 0) is 0 Å². The van der Waals surface area contributed by atoms with Crippen LogP contribution in [0, 0.1) is 0 Å². The minimum Gasteiger partial charge on any atom is -0.397 e. The van der Waals surface area contributed by atoms with Crippen LogP contribution in [0.1, 0.15) is 24.5 Å². The lowest BCUT2D eigenvalue weighted by Crippen LogP contribution is -2.29. The third kappa shape index (κ3) is 4.07. The van der Waals surface area contributed by atoms with Gasteiger partial charge in [-0.15, -0.1) is 0 Å². The second kappa shape index (κ2) is 8.32. The van der Waals surface area contributed by atoms with Crippen LogP contribution >= 0.6 is 0 Å². The molecule has 1 aromatic carbocycles. The van der Waals surface area contributed by atoms with Gasteiger partial charge in [-0.05, 0) is 62.3 Å². The van der Waals surface area contributed by atoms with Crippen LogP contribution in [0.2, 0.25) is 0 Å². The van der Waals surface area contributed by atoms with E-state index in [9.17, 15) is 0 Å². The van der Waals surface area contributed by atoms with Gasteiger partial charge >= 0.3 is 0 Å². The zero-order chi connectivity index (χ0) is 21.2. The van der Waals surface area contributed by atoms with E-state index in [1.54, 1.807) is 6.20 Å². The van der Waals surface area contributed by atoms with Gasteiger partial charge in [-0.1, -0.05) is 30.3 Å². The highest BCUT2D eigenvalue weighted by Crippen LogP contribution is 2.35. The summed E-state index contributed by atoms with van der Waals surface area (Å²) in [6.07, 6.45) is 7.67. The molecule has 3 N–H and O–H groups in total. The Balaban J connectivity index is 1.50. The number of nitrogens with zero attached hydrogens (tertiary/aromatic N) is 4. The molecule has 0 unspecified atom stereocenters. The minimum atomic E-state index is 0.441. The van der Waals surface area contributed by atoms with Gasteiger partial charge in [0.15, 0.2) is 5.82 Å². The number of nitrogens with two attached hydrogens (primary N) is 1. The number of H-pyrrole nitrogens is 1. The summed E-state index contributed by atoms with van der Waals surface area (Å²) in [6, 6.07) is 16.3. The zero-order valence-corrected chi connectivity index (χ0v) is 17.6. The van der Waals surface area contributed by atoms with E-state index in [0.717, 1.165) is 65.5 Å². The van der Waals surface area contributed by atoms with Crippen molar-refractivity contribution in [3.8, 4) is 33.9 Å². The molecule has 0 amide bonds. The molecule has 1 aliphatic rings. The first-order valence-electron chi connectivity index (χ1n) is 10.7. The van der Waals surface area contributed by atoms with E-state index in [1.165, 1.54) is 0 Å². The van der Waals surface area contributed by atoms with E-state index in [2.05, 4.69) is 45.1 Å². The second-order valence-electron chi connectivity index (χ2n) is 8.22. The molecule has 0 atom stereocenters. The number of benzene rings is 1. The Morgan fingerprint density at radius 2 is 1.74 bits per heavy atom. The number of hydrogen-bond donors (Lipinski definition) is 2. The van der Waals surface area contributed by atoms with E-state index in [-0.39, 0.29) is 0 Å². The number of anilines is 1. The van der Waals surface area contributed by atoms with Crippen LogP contribution in [0.15, 0.2) is 67.1 Å². The quantitative estimate of drug-likeness (QED) is 0.514. The largest absolute Gasteiger partial charge is 0.397 e. The standard InChI is InChI=1S/C25H26N6/c1-31-11-8-18(9-12-31)24-21(14-20(26)15-28-24)19-7-10-27-22(13-19)25-29-16-23(30-25)17-5-3-2-4-6-17/h2-7,10,13-16,18H,8-9,11-12,26H2,1H3,(H,29,30). The molecule has 31 heavy (non-hydrogen) atoms. The zero-order valence-electron chi connectivity index (χ0n) is 17.6. The number of pyridine rings is 2. The van der Waals surface area contributed by atoms with E-state index in [0.29, 0.717) is 11.6 Å². The fraction of sp³-hybridized carbons (Fsp3) is 0.240. The maximum absolute atomic E-state index is 6.13. The van der Waals surface area contributed by atoms with Gasteiger partial charge in [-0.2, -0.15) is 0 Å². The second-order valence-corrected chi connectivity index (χ2v) is 8.22. The Hall–Kier alpha value is -3.51. The SMILES string of the molecule is CN1CCC(c2ncc(N)cc2-c2ccnc(-c3ncc(-c4ccccc4)[nH]3)c2)CC1. The smallest absolute Gasteiger partial charge is 0.156 e. The highest BCUT2D eigenvalue weighted by molar-refractivity contribution is 5.73. The fourth-order valence-electron chi connectivity index (χ4n) is 4.27. The third-order valence-corrected chi connectivity index (χ3v) is 6.02. The number of aromatic amines is 1. The van der Waals surface area contributed by atoms with Crippen molar-refractivity contribution in [1.29, 1.82) is 0 Å². The maximum Gasteiger partial charge on any atom is 0.156 e. The first-order valence-corrected chi connectivity index (χ1v) is 10.7. The van der Waals surface area contributed by atoms with Gasteiger partial charge in [0.2, 0.25) is 0 Å². The summed E-state index contributed by atoms with van der Waals surface area (Å²) in [7, 11) is 2.18. The van der Waals surface area contributed by atoms with E-state index < -0.39 is 0 Å². The summed E-state index contributed by atoms with van der Waals surface area (Å²) in [5.41, 5.74) is 13.0. The minimum absolute atomic E-state index is 0.441. The topological polar surface area (TPSA) is 83.7 Å². The van der Waals surface area contributed by atoms with Crippen LogP contribution in [0.5, 0.6) is 0 Å². The van der Waals surface area contributed by atoms with Crippen molar-refractivity contribution in [2.75, 3.05) is 25.9 Å². The van der Waals surface area contributed by atoms with Crippen LogP contribution in [-0.4, -0.2) is 45.0 Å². The van der Waals surface area contributed by atoms with E-state index >= 15 is 0 Å². The number of nitrogens with one attached hydrogen (secondary N) is 1. The molecule has 0 aliphatic carbocycles.